The fourth-order valence-corrected chi connectivity index (χ4v) is 4.03. The summed E-state index contributed by atoms with van der Waals surface area (Å²) in [6, 6.07) is 9.60. The molecular formula is C21H23ClN6O2. The van der Waals surface area contributed by atoms with E-state index in [4.69, 9.17) is 11.6 Å². The summed E-state index contributed by atoms with van der Waals surface area (Å²) in [6.07, 6.45) is 7.56. The molecule has 9 heteroatoms. The minimum atomic E-state index is -0.901. The Morgan fingerprint density at radius 1 is 1.23 bits per heavy atom. The van der Waals surface area contributed by atoms with Crippen LogP contribution >= 0.6 is 11.6 Å². The summed E-state index contributed by atoms with van der Waals surface area (Å²) < 4.78 is 1.78. The second-order valence-corrected chi connectivity index (χ2v) is 7.81. The monoisotopic (exact) mass is 426 g/mol. The highest BCUT2D eigenvalue weighted by Crippen LogP contribution is 2.33. The van der Waals surface area contributed by atoms with Gasteiger partial charge >= 0.3 is 0 Å². The van der Waals surface area contributed by atoms with Crippen molar-refractivity contribution in [3.8, 4) is 0 Å². The number of nitrogens with one attached hydrogen (secondary N) is 1. The summed E-state index contributed by atoms with van der Waals surface area (Å²) >= 11 is 5.92. The number of rotatable bonds is 6. The number of carbonyl (C=O) groups is 1. The lowest BCUT2D eigenvalue weighted by atomic mass is 9.78. The molecule has 0 spiro atoms. The Balaban J connectivity index is 1.51. The number of nitrogens with zero attached hydrogens (tertiary/aromatic N) is 5. The summed E-state index contributed by atoms with van der Waals surface area (Å²) in [5.74, 6) is -0.356. The highest BCUT2D eigenvalue weighted by molar-refractivity contribution is 6.30. The largest absolute Gasteiger partial charge is 0.389 e. The van der Waals surface area contributed by atoms with Gasteiger partial charge in [0.05, 0.1) is 35.6 Å². The third-order valence-electron chi connectivity index (χ3n) is 5.49. The van der Waals surface area contributed by atoms with Crippen LogP contribution < -0.4 is 5.32 Å². The van der Waals surface area contributed by atoms with Gasteiger partial charge in [-0.2, -0.15) is 5.10 Å². The lowest BCUT2D eigenvalue weighted by molar-refractivity contribution is -0.0166. The van der Waals surface area contributed by atoms with Crippen molar-refractivity contribution in [1.82, 2.24) is 30.0 Å². The lowest BCUT2D eigenvalue weighted by Gasteiger charge is -2.46. The lowest BCUT2D eigenvalue weighted by Crippen LogP contribution is -2.62. The molecule has 1 aromatic carbocycles. The standard InChI is InChI=1S/C21H23ClN6O2/c22-17-12-25-28(14-17)11-10-27-9-6-21(19(29)15-27,16-4-2-1-3-5-16)26-20(30)18-13-23-7-8-24-18/h1-5,7-8,12-14,19,29H,6,9-11,15H2,(H,26,30)/t19-,21-/m1/s1. The number of aliphatic hydroxyl groups is 1. The zero-order valence-corrected chi connectivity index (χ0v) is 17.1. The molecule has 0 aliphatic carbocycles. The van der Waals surface area contributed by atoms with Gasteiger partial charge in [-0.15, -0.1) is 0 Å². The molecule has 156 valence electrons. The van der Waals surface area contributed by atoms with Crippen molar-refractivity contribution < 1.29 is 9.90 Å². The number of hydrogen-bond donors (Lipinski definition) is 2. The molecular weight excluding hydrogens is 404 g/mol. The molecule has 1 aliphatic rings. The van der Waals surface area contributed by atoms with E-state index in [1.54, 1.807) is 17.1 Å². The molecule has 3 heterocycles. The van der Waals surface area contributed by atoms with Crippen molar-refractivity contribution in [2.45, 2.75) is 24.6 Å². The summed E-state index contributed by atoms with van der Waals surface area (Å²) in [6.45, 7) is 2.52. The van der Waals surface area contributed by atoms with Gasteiger partial charge in [0.1, 0.15) is 5.69 Å². The molecule has 2 aromatic heterocycles. The molecule has 1 saturated heterocycles. The van der Waals surface area contributed by atoms with Crippen LogP contribution in [-0.2, 0) is 12.1 Å². The van der Waals surface area contributed by atoms with Crippen molar-refractivity contribution in [3.05, 3.63) is 77.6 Å². The van der Waals surface area contributed by atoms with Crippen molar-refractivity contribution in [2.75, 3.05) is 19.6 Å². The first-order valence-corrected chi connectivity index (χ1v) is 10.2. The number of benzene rings is 1. The quantitative estimate of drug-likeness (QED) is 0.623. The molecule has 1 aliphatic heterocycles. The molecule has 3 aromatic rings. The fraction of sp³-hybridized carbons (Fsp3) is 0.333. The van der Waals surface area contributed by atoms with Crippen molar-refractivity contribution in [2.24, 2.45) is 0 Å². The van der Waals surface area contributed by atoms with Crippen LogP contribution in [0.2, 0.25) is 5.02 Å². The molecule has 1 amide bonds. The predicted molar refractivity (Wildman–Crippen MR) is 112 cm³/mol. The number of halogens is 1. The van der Waals surface area contributed by atoms with Gasteiger partial charge in [-0.3, -0.25) is 19.4 Å². The molecule has 2 atom stereocenters. The average Bonchev–Trinajstić information content (AvgIpc) is 3.20. The maximum absolute atomic E-state index is 12.9. The second-order valence-electron chi connectivity index (χ2n) is 7.37. The fourth-order valence-electron chi connectivity index (χ4n) is 3.87. The summed E-state index contributed by atoms with van der Waals surface area (Å²) in [5.41, 5.74) is 0.188. The highest BCUT2D eigenvalue weighted by atomic mass is 35.5. The van der Waals surface area contributed by atoms with Crippen LogP contribution in [-0.4, -0.2) is 61.4 Å². The van der Waals surface area contributed by atoms with E-state index in [0.29, 0.717) is 31.1 Å². The van der Waals surface area contributed by atoms with Gasteiger partial charge in [0.2, 0.25) is 0 Å². The first kappa shape index (κ1) is 20.5. The Bertz CT molecular complexity index is 983. The molecule has 0 radical (unpaired) electrons. The minimum Gasteiger partial charge on any atom is -0.389 e. The van der Waals surface area contributed by atoms with Crippen LogP contribution in [0.15, 0.2) is 61.3 Å². The molecule has 8 nitrogen and oxygen atoms in total. The Labute approximate surface area is 179 Å². The second kappa shape index (κ2) is 8.91. The summed E-state index contributed by atoms with van der Waals surface area (Å²) in [5, 5.41) is 19.1. The Morgan fingerprint density at radius 2 is 2.07 bits per heavy atom. The third kappa shape index (κ3) is 4.35. The molecule has 1 fully saturated rings. The van der Waals surface area contributed by atoms with E-state index in [0.717, 1.165) is 12.1 Å². The topological polar surface area (TPSA) is 96.2 Å². The van der Waals surface area contributed by atoms with Gasteiger partial charge in [0, 0.05) is 38.2 Å². The van der Waals surface area contributed by atoms with Gasteiger partial charge in [-0.05, 0) is 12.0 Å². The van der Waals surface area contributed by atoms with Crippen LogP contribution in [0.5, 0.6) is 0 Å². The van der Waals surface area contributed by atoms with Crippen molar-refractivity contribution in [1.29, 1.82) is 0 Å². The number of piperidine rings is 1. The molecule has 0 bridgehead atoms. The number of likely N-dealkylation sites (tertiary alicyclic amines) is 1. The zero-order chi connectivity index (χ0) is 21.0. The Hall–Kier alpha value is -2.81. The van der Waals surface area contributed by atoms with E-state index in [1.807, 2.05) is 30.3 Å². The number of carbonyl (C=O) groups excluding carboxylic acids is 1. The van der Waals surface area contributed by atoms with E-state index in [9.17, 15) is 9.90 Å². The van der Waals surface area contributed by atoms with Crippen LogP contribution in [0.1, 0.15) is 22.5 Å². The van der Waals surface area contributed by atoms with Crippen molar-refractivity contribution in [3.63, 3.8) is 0 Å². The molecule has 0 saturated carbocycles. The first-order chi connectivity index (χ1) is 14.6. The van der Waals surface area contributed by atoms with Crippen LogP contribution in [0.4, 0.5) is 0 Å². The summed E-state index contributed by atoms with van der Waals surface area (Å²) in [4.78, 5) is 23.1. The maximum Gasteiger partial charge on any atom is 0.272 e. The maximum atomic E-state index is 12.9. The Morgan fingerprint density at radius 3 is 2.73 bits per heavy atom. The SMILES string of the molecule is O=C(N[C@@]1(c2ccccc2)CCN(CCn2cc(Cl)cn2)C[C@H]1O)c1cnccn1. The van der Waals surface area contributed by atoms with Gasteiger partial charge in [-0.1, -0.05) is 41.9 Å². The summed E-state index contributed by atoms with van der Waals surface area (Å²) in [7, 11) is 0. The molecule has 2 N–H and O–H groups in total. The normalized spacial score (nSPS) is 22.0. The number of β-amino-alcohol motifs (C(OH)–C–C–N with tert-alkyl or cyclic N) is 1. The average molecular weight is 427 g/mol. The predicted octanol–water partition coefficient (Wildman–Crippen LogP) is 1.72. The zero-order valence-electron chi connectivity index (χ0n) is 16.4. The number of aromatic nitrogens is 4. The molecule has 4 rings (SSSR count). The van der Waals surface area contributed by atoms with E-state index in [2.05, 4.69) is 25.3 Å². The Kier molecular flexibility index (Phi) is 6.08. The van der Waals surface area contributed by atoms with Gasteiger partial charge in [0.25, 0.3) is 5.91 Å². The molecule has 0 unspecified atom stereocenters. The van der Waals surface area contributed by atoms with Crippen molar-refractivity contribution >= 4 is 17.5 Å². The number of hydrogen-bond acceptors (Lipinski definition) is 6. The highest BCUT2D eigenvalue weighted by Gasteiger charge is 2.45. The number of amides is 1. The third-order valence-corrected chi connectivity index (χ3v) is 5.69. The van der Waals surface area contributed by atoms with E-state index in [-0.39, 0.29) is 11.6 Å². The van der Waals surface area contributed by atoms with E-state index < -0.39 is 11.6 Å². The van der Waals surface area contributed by atoms with Gasteiger partial charge in [-0.25, -0.2) is 4.98 Å². The first-order valence-electron chi connectivity index (χ1n) is 9.79. The van der Waals surface area contributed by atoms with Crippen LogP contribution in [0, 0.1) is 0 Å². The minimum absolute atomic E-state index is 0.220. The smallest absolute Gasteiger partial charge is 0.272 e. The van der Waals surface area contributed by atoms with E-state index >= 15 is 0 Å². The molecule has 30 heavy (non-hydrogen) atoms. The van der Waals surface area contributed by atoms with E-state index in [1.165, 1.54) is 18.6 Å². The van der Waals surface area contributed by atoms with Gasteiger partial charge < -0.3 is 10.4 Å². The van der Waals surface area contributed by atoms with Crippen LogP contribution in [0.3, 0.4) is 0 Å². The van der Waals surface area contributed by atoms with Gasteiger partial charge in [0.15, 0.2) is 0 Å². The van der Waals surface area contributed by atoms with Crippen LogP contribution in [0.25, 0.3) is 0 Å². The number of aliphatic hydroxyl groups excluding tert-OH is 1.